The summed E-state index contributed by atoms with van der Waals surface area (Å²) in [5, 5.41) is 25.5. The summed E-state index contributed by atoms with van der Waals surface area (Å²) in [7, 11) is 0. The van der Waals surface area contributed by atoms with Crippen LogP contribution in [0.5, 0.6) is 0 Å². The number of nitro groups is 1. The molecule has 8 nitrogen and oxygen atoms in total. The van der Waals surface area contributed by atoms with Gasteiger partial charge in [-0.2, -0.15) is 0 Å². The van der Waals surface area contributed by atoms with Crippen molar-refractivity contribution in [1.82, 2.24) is 0 Å². The second-order valence-electron chi connectivity index (χ2n) is 6.86. The van der Waals surface area contributed by atoms with E-state index in [0.29, 0.717) is 21.2 Å². The average Bonchev–Trinajstić information content (AvgIpc) is 2.71. The number of benzene rings is 3. The third-order valence-corrected chi connectivity index (χ3v) is 6.02. The Morgan fingerprint density at radius 3 is 2.19 bits per heavy atom. The Morgan fingerprint density at radius 1 is 1.00 bits per heavy atom. The molecule has 0 heterocycles. The number of hydrogen-bond acceptors (Lipinski definition) is 5. The number of amides is 2. The van der Waals surface area contributed by atoms with Crippen LogP contribution in [0, 0.1) is 24.0 Å². The van der Waals surface area contributed by atoms with Crippen molar-refractivity contribution in [1.29, 1.82) is 0 Å². The van der Waals surface area contributed by atoms with Gasteiger partial charge in [0.05, 0.1) is 9.82 Å². The lowest BCUT2D eigenvalue weighted by molar-refractivity contribution is -0.387. The van der Waals surface area contributed by atoms with E-state index in [2.05, 4.69) is 26.6 Å². The van der Waals surface area contributed by atoms with Crippen LogP contribution in [0.3, 0.4) is 0 Å². The van der Waals surface area contributed by atoms with Crippen LogP contribution >= 0.6 is 27.7 Å². The molecule has 3 rings (SSSR count). The highest BCUT2D eigenvalue weighted by molar-refractivity contribution is 9.10. The van der Waals surface area contributed by atoms with Gasteiger partial charge >= 0.3 is 6.09 Å². The van der Waals surface area contributed by atoms with Gasteiger partial charge in [0, 0.05) is 32.4 Å². The summed E-state index contributed by atoms with van der Waals surface area (Å²) in [6, 6.07) is 14.5. The normalized spacial score (nSPS) is 10.5. The van der Waals surface area contributed by atoms with Gasteiger partial charge in [-0.25, -0.2) is 4.79 Å². The van der Waals surface area contributed by atoms with Crippen molar-refractivity contribution in [3.8, 4) is 0 Å². The van der Waals surface area contributed by atoms with E-state index >= 15 is 0 Å². The van der Waals surface area contributed by atoms with Gasteiger partial charge in [-0.1, -0.05) is 27.7 Å². The third kappa shape index (κ3) is 5.65. The number of hydrogen-bond donors (Lipinski definition) is 3. The molecule has 3 aromatic rings. The van der Waals surface area contributed by atoms with Crippen molar-refractivity contribution in [3.63, 3.8) is 0 Å². The number of carbonyl (C=O) groups is 2. The van der Waals surface area contributed by atoms with Gasteiger partial charge in [-0.15, -0.1) is 0 Å². The van der Waals surface area contributed by atoms with E-state index in [1.807, 2.05) is 26.0 Å². The summed E-state index contributed by atoms with van der Waals surface area (Å²) in [4.78, 5) is 35.6. The molecule has 0 fully saturated rings. The standard InChI is InChI=1S/C22H18BrN3O5S/c1-12-9-15(23)10-13(2)20(12)25-21(27)14-3-8-19(18(11-14)26(30)31)32-17-6-4-16(5-7-17)24-22(28)29/h3-11,24H,1-2H3,(H,25,27)(H,28,29). The fourth-order valence-corrected chi connectivity index (χ4v) is 4.62. The largest absolute Gasteiger partial charge is 0.465 e. The number of nitro benzene ring substituents is 1. The van der Waals surface area contributed by atoms with Crippen LogP contribution in [0.15, 0.2) is 68.9 Å². The van der Waals surface area contributed by atoms with E-state index in [1.54, 1.807) is 24.3 Å². The number of halogens is 1. The highest BCUT2D eigenvalue weighted by atomic mass is 79.9. The number of aryl methyl sites for hydroxylation is 2. The predicted molar refractivity (Wildman–Crippen MR) is 127 cm³/mol. The minimum Gasteiger partial charge on any atom is -0.465 e. The zero-order chi connectivity index (χ0) is 23.4. The first-order valence-electron chi connectivity index (χ1n) is 9.28. The summed E-state index contributed by atoms with van der Waals surface area (Å²) in [5.41, 5.74) is 2.76. The molecule has 0 aliphatic heterocycles. The molecule has 0 saturated carbocycles. The lowest BCUT2D eigenvalue weighted by Crippen LogP contribution is -2.14. The Balaban J connectivity index is 1.84. The van der Waals surface area contributed by atoms with E-state index in [-0.39, 0.29) is 11.3 Å². The highest BCUT2D eigenvalue weighted by Gasteiger charge is 2.19. The van der Waals surface area contributed by atoms with Crippen LogP contribution in [0.1, 0.15) is 21.5 Å². The summed E-state index contributed by atoms with van der Waals surface area (Å²) >= 11 is 4.56. The Kier molecular flexibility index (Phi) is 7.16. The maximum atomic E-state index is 12.8. The molecule has 0 unspecified atom stereocenters. The zero-order valence-corrected chi connectivity index (χ0v) is 19.4. The quantitative estimate of drug-likeness (QED) is 0.255. The fraction of sp³-hybridized carbons (Fsp3) is 0.0909. The van der Waals surface area contributed by atoms with Gasteiger partial charge in [-0.05, 0) is 73.5 Å². The van der Waals surface area contributed by atoms with Crippen molar-refractivity contribution >= 4 is 56.8 Å². The Bertz CT molecular complexity index is 1190. The fourth-order valence-electron chi connectivity index (χ4n) is 3.04. The lowest BCUT2D eigenvalue weighted by Gasteiger charge is -2.13. The zero-order valence-electron chi connectivity index (χ0n) is 17.0. The summed E-state index contributed by atoms with van der Waals surface area (Å²) in [6.07, 6.45) is -1.18. The van der Waals surface area contributed by atoms with Crippen molar-refractivity contribution in [2.45, 2.75) is 23.6 Å². The summed E-state index contributed by atoms with van der Waals surface area (Å²) in [6.45, 7) is 3.74. The summed E-state index contributed by atoms with van der Waals surface area (Å²) < 4.78 is 0.897. The number of rotatable bonds is 6. The molecular weight excluding hydrogens is 498 g/mol. The number of anilines is 2. The molecule has 32 heavy (non-hydrogen) atoms. The minimum atomic E-state index is -1.18. The van der Waals surface area contributed by atoms with Gasteiger partial charge in [0.1, 0.15) is 0 Å². The van der Waals surface area contributed by atoms with Crippen molar-refractivity contribution in [3.05, 3.63) is 85.9 Å². The van der Waals surface area contributed by atoms with E-state index in [9.17, 15) is 19.7 Å². The molecular formula is C22H18BrN3O5S. The second-order valence-corrected chi connectivity index (χ2v) is 8.90. The highest BCUT2D eigenvalue weighted by Crippen LogP contribution is 2.36. The van der Waals surface area contributed by atoms with Crippen LogP contribution in [0.4, 0.5) is 21.9 Å². The average molecular weight is 516 g/mol. The molecule has 2 amide bonds. The van der Waals surface area contributed by atoms with Crippen molar-refractivity contribution in [2.75, 3.05) is 10.6 Å². The third-order valence-electron chi connectivity index (χ3n) is 4.49. The van der Waals surface area contributed by atoms with E-state index in [0.717, 1.165) is 27.4 Å². The molecule has 0 aliphatic rings. The summed E-state index contributed by atoms with van der Waals surface area (Å²) in [5.74, 6) is -0.442. The SMILES string of the molecule is Cc1cc(Br)cc(C)c1NC(=O)c1ccc(Sc2ccc(NC(=O)O)cc2)c([N+](=O)[O-])c1. The van der Waals surface area contributed by atoms with E-state index in [4.69, 9.17) is 5.11 Å². The van der Waals surface area contributed by atoms with E-state index < -0.39 is 16.9 Å². The predicted octanol–water partition coefficient (Wildman–Crippen LogP) is 6.47. The topological polar surface area (TPSA) is 122 Å². The lowest BCUT2D eigenvalue weighted by atomic mass is 10.1. The first-order chi connectivity index (χ1) is 15.1. The Labute approximate surface area is 196 Å². The minimum absolute atomic E-state index is 0.170. The van der Waals surface area contributed by atoms with Gasteiger partial charge in [0.2, 0.25) is 0 Å². The number of nitrogens with one attached hydrogen (secondary N) is 2. The molecule has 3 aromatic carbocycles. The Hall–Kier alpha value is -3.37. The molecule has 10 heteroatoms. The van der Waals surface area contributed by atoms with Crippen LogP contribution in [0.2, 0.25) is 0 Å². The molecule has 0 radical (unpaired) electrons. The Morgan fingerprint density at radius 2 is 1.62 bits per heavy atom. The van der Waals surface area contributed by atoms with Crippen LogP contribution < -0.4 is 10.6 Å². The maximum Gasteiger partial charge on any atom is 0.409 e. The van der Waals surface area contributed by atoms with Crippen LogP contribution in [-0.2, 0) is 0 Å². The molecule has 0 atom stereocenters. The molecule has 164 valence electrons. The van der Waals surface area contributed by atoms with Crippen LogP contribution in [-0.4, -0.2) is 22.0 Å². The van der Waals surface area contributed by atoms with Crippen molar-refractivity contribution in [2.24, 2.45) is 0 Å². The number of carbonyl (C=O) groups excluding carboxylic acids is 1. The molecule has 0 spiro atoms. The van der Waals surface area contributed by atoms with Gasteiger partial charge in [0.25, 0.3) is 11.6 Å². The molecule has 0 bridgehead atoms. The first kappa shape index (κ1) is 23.3. The molecule has 0 aliphatic carbocycles. The molecule has 3 N–H and O–H groups in total. The number of carboxylic acid groups (broad SMARTS) is 1. The van der Waals surface area contributed by atoms with E-state index in [1.165, 1.54) is 18.2 Å². The monoisotopic (exact) mass is 515 g/mol. The molecule has 0 saturated heterocycles. The van der Waals surface area contributed by atoms with Gasteiger partial charge in [-0.3, -0.25) is 20.2 Å². The van der Waals surface area contributed by atoms with Gasteiger partial charge in [0.15, 0.2) is 0 Å². The second kappa shape index (κ2) is 9.84. The van der Waals surface area contributed by atoms with Gasteiger partial charge < -0.3 is 10.4 Å². The number of nitrogens with zero attached hydrogens (tertiary/aromatic N) is 1. The maximum absolute atomic E-state index is 12.8. The first-order valence-corrected chi connectivity index (χ1v) is 10.9. The van der Waals surface area contributed by atoms with Crippen LogP contribution in [0.25, 0.3) is 0 Å². The smallest absolute Gasteiger partial charge is 0.409 e. The van der Waals surface area contributed by atoms with Crippen molar-refractivity contribution < 1.29 is 19.6 Å². The molecule has 0 aromatic heterocycles.